The summed E-state index contributed by atoms with van der Waals surface area (Å²) >= 11 is 0. The number of benzene rings is 2. The van der Waals surface area contributed by atoms with Crippen LogP contribution in [0.1, 0.15) is 28.8 Å². The van der Waals surface area contributed by atoms with Crippen LogP contribution in [-0.2, 0) is 0 Å². The first kappa shape index (κ1) is 18.2. The Balaban J connectivity index is 2.01. The van der Waals surface area contributed by atoms with Crippen LogP contribution in [0.4, 0.5) is 5.88 Å². The summed E-state index contributed by atoms with van der Waals surface area (Å²) in [6, 6.07) is 22.4. The fourth-order valence-corrected chi connectivity index (χ4v) is 2.83. The van der Waals surface area contributed by atoms with Crippen LogP contribution in [0.25, 0.3) is 11.3 Å². The highest BCUT2D eigenvalue weighted by molar-refractivity contribution is 6.06. The fraction of sp³-hybridized carbons (Fsp3) is 0.130. The Morgan fingerprint density at radius 1 is 1.11 bits per heavy atom. The van der Waals surface area contributed by atoms with E-state index in [4.69, 9.17) is 4.42 Å². The van der Waals surface area contributed by atoms with Crippen molar-refractivity contribution in [2.24, 2.45) is 0 Å². The van der Waals surface area contributed by atoms with Crippen molar-refractivity contribution in [1.29, 1.82) is 5.26 Å². The van der Waals surface area contributed by atoms with E-state index < -0.39 is 0 Å². The van der Waals surface area contributed by atoms with Gasteiger partial charge in [-0.1, -0.05) is 54.6 Å². The maximum atomic E-state index is 13.1. The first-order valence-electron chi connectivity index (χ1n) is 8.81. The summed E-state index contributed by atoms with van der Waals surface area (Å²) in [6.45, 7) is 4.17. The molecule has 0 atom stereocenters. The van der Waals surface area contributed by atoms with Crippen molar-refractivity contribution in [3.05, 3.63) is 90.5 Å². The third-order valence-electron chi connectivity index (χ3n) is 4.19. The van der Waals surface area contributed by atoms with Gasteiger partial charge < -0.3 is 4.42 Å². The molecule has 4 nitrogen and oxygen atoms in total. The maximum Gasteiger partial charge on any atom is 0.260 e. The third kappa shape index (κ3) is 4.16. The van der Waals surface area contributed by atoms with Gasteiger partial charge in [-0.3, -0.25) is 9.69 Å². The van der Waals surface area contributed by atoms with Crippen molar-refractivity contribution in [1.82, 2.24) is 0 Å². The van der Waals surface area contributed by atoms with Crippen LogP contribution in [0.15, 0.2) is 83.8 Å². The highest BCUT2D eigenvalue weighted by Crippen LogP contribution is 2.32. The minimum Gasteiger partial charge on any atom is -0.439 e. The first-order chi connectivity index (χ1) is 13.2. The number of nitriles is 1. The zero-order valence-corrected chi connectivity index (χ0v) is 15.0. The molecule has 0 aliphatic rings. The predicted molar refractivity (Wildman–Crippen MR) is 106 cm³/mol. The van der Waals surface area contributed by atoms with E-state index in [-0.39, 0.29) is 11.8 Å². The van der Waals surface area contributed by atoms with Gasteiger partial charge in [0.05, 0.1) is 0 Å². The number of allylic oxidation sites excluding steroid dienone is 1. The molecule has 0 aliphatic heterocycles. The van der Waals surface area contributed by atoms with E-state index in [1.54, 1.807) is 23.1 Å². The second-order valence-corrected chi connectivity index (χ2v) is 6.06. The lowest BCUT2D eigenvalue weighted by Gasteiger charge is -2.20. The van der Waals surface area contributed by atoms with Gasteiger partial charge in [-0.05, 0) is 25.0 Å². The predicted octanol–water partition coefficient (Wildman–Crippen LogP) is 5.43. The summed E-state index contributed by atoms with van der Waals surface area (Å²) in [6.07, 6.45) is 3.31. The third-order valence-corrected chi connectivity index (χ3v) is 4.19. The molecular weight excluding hydrogens is 336 g/mol. The van der Waals surface area contributed by atoms with Crippen LogP contribution in [0.2, 0.25) is 0 Å². The van der Waals surface area contributed by atoms with E-state index in [0.717, 1.165) is 18.4 Å². The summed E-state index contributed by atoms with van der Waals surface area (Å²) in [5.41, 5.74) is 1.76. The van der Waals surface area contributed by atoms with Gasteiger partial charge in [-0.15, -0.1) is 6.58 Å². The van der Waals surface area contributed by atoms with Crippen molar-refractivity contribution in [2.45, 2.75) is 12.8 Å². The van der Waals surface area contributed by atoms with Crippen LogP contribution in [0, 0.1) is 11.3 Å². The number of nitrogens with zero attached hydrogens (tertiary/aromatic N) is 2. The SMILES string of the molecule is C=CCCCN(C(=O)c1ccccc1)c1oc(-c2ccccc2)cc1C#N. The molecular formula is C23H20N2O2. The minimum absolute atomic E-state index is 0.190. The van der Waals surface area contributed by atoms with Crippen molar-refractivity contribution in [3.8, 4) is 17.4 Å². The van der Waals surface area contributed by atoms with E-state index in [1.165, 1.54) is 0 Å². The molecule has 4 heteroatoms. The summed E-state index contributed by atoms with van der Waals surface area (Å²) in [5, 5.41) is 9.59. The molecule has 0 saturated heterocycles. The molecule has 1 amide bonds. The van der Waals surface area contributed by atoms with Crippen molar-refractivity contribution < 1.29 is 9.21 Å². The van der Waals surface area contributed by atoms with Gasteiger partial charge in [-0.25, -0.2) is 0 Å². The standard InChI is InChI=1S/C23H20N2O2/c1-2-3-10-15-25(22(26)19-13-8-5-9-14-19)23-20(17-24)16-21(27-23)18-11-6-4-7-12-18/h2,4-9,11-14,16H,1,3,10,15H2. The Labute approximate surface area is 159 Å². The molecule has 1 heterocycles. The van der Waals surface area contributed by atoms with Crippen molar-refractivity contribution in [2.75, 3.05) is 11.4 Å². The zero-order valence-electron chi connectivity index (χ0n) is 15.0. The second-order valence-electron chi connectivity index (χ2n) is 6.06. The lowest BCUT2D eigenvalue weighted by Crippen LogP contribution is -2.32. The van der Waals surface area contributed by atoms with E-state index in [1.807, 2.05) is 54.6 Å². The number of unbranched alkanes of at least 4 members (excludes halogenated alkanes) is 1. The number of carbonyl (C=O) groups excluding carboxylic acids is 1. The van der Waals surface area contributed by atoms with Gasteiger partial charge in [-0.2, -0.15) is 5.26 Å². The molecule has 1 aromatic heterocycles. The summed E-state index contributed by atoms with van der Waals surface area (Å²) in [7, 11) is 0. The highest BCUT2D eigenvalue weighted by Gasteiger charge is 2.24. The molecule has 134 valence electrons. The number of rotatable bonds is 7. The summed E-state index contributed by atoms with van der Waals surface area (Å²) in [4.78, 5) is 14.6. The molecule has 0 bridgehead atoms. The fourth-order valence-electron chi connectivity index (χ4n) is 2.83. The number of hydrogen-bond acceptors (Lipinski definition) is 3. The Kier molecular flexibility index (Phi) is 5.86. The molecule has 27 heavy (non-hydrogen) atoms. The quantitative estimate of drug-likeness (QED) is 0.419. The summed E-state index contributed by atoms with van der Waals surface area (Å²) in [5.74, 6) is 0.663. The van der Waals surface area contributed by atoms with Gasteiger partial charge in [0.25, 0.3) is 5.91 Å². The van der Waals surface area contributed by atoms with Gasteiger partial charge in [0.2, 0.25) is 5.88 Å². The Morgan fingerprint density at radius 2 is 1.78 bits per heavy atom. The minimum atomic E-state index is -0.190. The number of amides is 1. The topological polar surface area (TPSA) is 57.2 Å². The molecule has 0 aliphatic carbocycles. The van der Waals surface area contributed by atoms with Crippen LogP contribution in [-0.4, -0.2) is 12.5 Å². The van der Waals surface area contributed by atoms with Crippen LogP contribution in [0.3, 0.4) is 0 Å². The Morgan fingerprint density at radius 3 is 2.41 bits per heavy atom. The number of hydrogen-bond donors (Lipinski definition) is 0. The largest absolute Gasteiger partial charge is 0.439 e. The van der Waals surface area contributed by atoms with E-state index >= 15 is 0 Å². The number of anilines is 1. The van der Waals surface area contributed by atoms with E-state index in [2.05, 4.69) is 12.6 Å². The Bertz CT molecular complexity index is 953. The molecule has 0 spiro atoms. The molecule has 0 saturated carbocycles. The maximum absolute atomic E-state index is 13.1. The van der Waals surface area contributed by atoms with Crippen LogP contribution >= 0.6 is 0 Å². The van der Waals surface area contributed by atoms with Crippen molar-refractivity contribution >= 4 is 11.8 Å². The molecule has 3 rings (SSSR count). The molecule has 0 radical (unpaired) electrons. The van der Waals surface area contributed by atoms with Gasteiger partial charge in [0, 0.05) is 23.7 Å². The lowest BCUT2D eigenvalue weighted by molar-refractivity contribution is 0.0982. The average Bonchev–Trinajstić information content (AvgIpc) is 3.16. The normalized spacial score (nSPS) is 10.2. The highest BCUT2D eigenvalue weighted by atomic mass is 16.4. The Hall–Kier alpha value is -3.58. The lowest BCUT2D eigenvalue weighted by atomic mass is 10.1. The molecule has 3 aromatic rings. The summed E-state index contributed by atoms with van der Waals surface area (Å²) < 4.78 is 5.98. The zero-order chi connectivity index (χ0) is 19.1. The smallest absolute Gasteiger partial charge is 0.260 e. The molecule has 0 fully saturated rings. The number of carbonyl (C=O) groups is 1. The first-order valence-corrected chi connectivity index (χ1v) is 8.81. The van der Waals surface area contributed by atoms with Gasteiger partial charge >= 0.3 is 0 Å². The van der Waals surface area contributed by atoms with Crippen LogP contribution in [0.5, 0.6) is 0 Å². The average molecular weight is 356 g/mol. The van der Waals surface area contributed by atoms with E-state index in [9.17, 15) is 10.1 Å². The van der Waals surface area contributed by atoms with Gasteiger partial charge in [0.1, 0.15) is 17.4 Å². The molecule has 0 unspecified atom stereocenters. The molecule has 2 aromatic carbocycles. The van der Waals surface area contributed by atoms with Crippen LogP contribution < -0.4 is 4.90 Å². The van der Waals surface area contributed by atoms with Crippen molar-refractivity contribution in [3.63, 3.8) is 0 Å². The number of furan rings is 1. The second kappa shape index (κ2) is 8.68. The van der Waals surface area contributed by atoms with E-state index in [0.29, 0.717) is 23.4 Å². The molecule has 0 N–H and O–H groups in total. The monoisotopic (exact) mass is 356 g/mol. The van der Waals surface area contributed by atoms with Gasteiger partial charge in [0.15, 0.2) is 0 Å².